The fourth-order valence-corrected chi connectivity index (χ4v) is 2.66. The highest BCUT2D eigenvalue weighted by Gasteiger charge is 2.18. The number of urea groups is 1. The minimum Gasteiger partial charge on any atom is -0.336 e. The van der Waals surface area contributed by atoms with Gasteiger partial charge in [-0.3, -0.25) is 4.79 Å². The average molecular weight is 264 g/mol. The van der Waals surface area contributed by atoms with E-state index in [9.17, 15) is 9.59 Å². The molecule has 1 saturated heterocycles. The van der Waals surface area contributed by atoms with Crippen LogP contribution in [0.15, 0.2) is 29.2 Å². The van der Waals surface area contributed by atoms with Gasteiger partial charge in [-0.15, -0.1) is 11.8 Å². The van der Waals surface area contributed by atoms with Gasteiger partial charge in [0.15, 0.2) is 5.78 Å². The minimum atomic E-state index is 0.0301. The molecule has 1 aromatic rings. The van der Waals surface area contributed by atoms with Gasteiger partial charge in [0.1, 0.15) is 0 Å². The minimum absolute atomic E-state index is 0.0301. The van der Waals surface area contributed by atoms with E-state index >= 15 is 0 Å². The van der Waals surface area contributed by atoms with Crippen LogP contribution in [-0.2, 0) is 0 Å². The first-order valence-corrected chi connectivity index (χ1v) is 6.92. The van der Waals surface area contributed by atoms with Gasteiger partial charge in [-0.25, -0.2) is 4.79 Å². The van der Waals surface area contributed by atoms with E-state index in [1.165, 1.54) is 0 Å². The number of benzene rings is 1. The van der Waals surface area contributed by atoms with Crippen LogP contribution >= 0.6 is 11.8 Å². The molecular formula is C13H16N2O2S. The van der Waals surface area contributed by atoms with E-state index in [2.05, 4.69) is 5.32 Å². The second kappa shape index (κ2) is 5.91. The van der Waals surface area contributed by atoms with Crippen molar-refractivity contribution in [2.75, 3.05) is 25.4 Å². The Morgan fingerprint density at radius 1 is 1.39 bits per heavy atom. The third-order valence-corrected chi connectivity index (χ3v) is 3.83. The van der Waals surface area contributed by atoms with Crippen LogP contribution in [0.25, 0.3) is 0 Å². The summed E-state index contributed by atoms with van der Waals surface area (Å²) in [7, 11) is 0. The lowest BCUT2D eigenvalue weighted by Crippen LogP contribution is -2.30. The highest BCUT2D eigenvalue weighted by Crippen LogP contribution is 2.18. The summed E-state index contributed by atoms with van der Waals surface area (Å²) in [6.45, 7) is 3.86. The molecule has 0 radical (unpaired) electrons. The second-order valence-electron chi connectivity index (χ2n) is 4.15. The Balaban J connectivity index is 1.79. The Hall–Kier alpha value is -1.49. The fourth-order valence-electron chi connectivity index (χ4n) is 1.78. The number of thioether (sulfide) groups is 1. The van der Waals surface area contributed by atoms with Crippen LogP contribution in [-0.4, -0.2) is 42.1 Å². The molecule has 0 aromatic heterocycles. The predicted molar refractivity (Wildman–Crippen MR) is 72.1 cm³/mol. The number of rotatable bonds is 5. The zero-order valence-corrected chi connectivity index (χ0v) is 11.1. The molecule has 1 heterocycles. The Kier molecular flexibility index (Phi) is 4.25. The summed E-state index contributed by atoms with van der Waals surface area (Å²) >= 11 is 1.70. The first kappa shape index (κ1) is 13.0. The number of amides is 2. The maximum atomic E-state index is 11.3. The monoisotopic (exact) mass is 264 g/mol. The van der Waals surface area contributed by atoms with Crippen LogP contribution in [0.3, 0.4) is 0 Å². The quantitative estimate of drug-likeness (QED) is 0.653. The number of Topliss-reactive ketones (excluding diaryl/α,β-unsaturated/α-hetero) is 1. The van der Waals surface area contributed by atoms with Crippen molar-refractivity contribution in [1.29, 1.82) is 0 Å². The van der Waals surface area contributed by atoms with Crippen molar-refractivity contribution in [2.45, 2.75) is 11.8 Å². The molecule has 1 aliphatic heterocycles. The Labute approximate surface area is 111 Å². The lowest BCUT2D eigenvalue weighted by Gasteiger charge is -2.13. The van der Waals surface area contributed by atoms with E-state index in [-0.39, 0.29) is 11.8 Å². The summed E-state index contributed by atoms with van der Waals surface area (Å²) in [5, 5.41) is 2.78. The smallest absolute Gasteiger partial charge is 0.317 e. The van der Waals surface area contributed by atoms with Crippen molar-refractivity contribution in [3.63, 3.8) is 0 Å². The van der Waals surface area contributed by atoms with E-state index < -0.39 is 0 Å². The van der Waals surface area contributed by atoms with Gasteiger partial charge < -0.3 is 10.2 Å². The molecule has 2 rings (SSSR count). The molecule has 1 N–H and O–H groups in total. The molecule has 5 heteroatoms. The standard InChI is InChI=1S/C13H16N2O2S/c1-10(16)11-2-4-12(5-3-11)18-9-8-15-7-6-14-13(15)17/h2-5H,6-9H2,1H3,(H,14,17). The number of carbonyl (C=O) groups is 2. The van der Waals surface area contributed by atoms with Crippen LogP contribution in [0.2, 0.25) is 0 Å². The molecule has 0 saturated carbocycles. The summed E-state index contributed by atoms with van der Waals surface area (Å²) in [5.74, 6) is 0.951. The summed E-state index contributed by atoms with van der Waals surface area (Å²) in [5.41, 5.74) is 0.735. The number of hydrogen-bond donors (Lipinski definition) is 1. The first-order valence-electron chi connectivity index (χ1n) is 5.93. The van der Waals surface area contributed by atoms with Crippen molar-refractivity contribution in [3.05, 3.63) is 29.8 Å². The molecule has 2 amide bonds. The SMILES string of the molecule is CC(=O)c1ccc(SCCN2CCNC2=O)cc1. The lowest BCUT2D eigenvalue weighted by atomic mass is 10.2. The molecule has 0 unspecified atom stereocenters. The summed E-state index contributed by atoms with van der Waals surface area (Å²) in [6.07, 6.45) is 0. The van der Waals surface area contributed by atoms with Crippen LogP contribution < -0.4 is 5.32 Å². The number of nitrogens with one attached hydrogen (secondary N) is 1. The highest BCUT2D eigenvalue weighted by atomic mass is 32.2. The van der Waals surface area contributed by atoms with Crippen LogP contribution in [0.5, 0.6) is 0 Å². The Morgan fingerprint density at radius 3 is 2.67 bits per heavy atom. The molecule has 0 spiro atoms. The number of hydrogen-bond acceptors (Lipinski definition) is 3. The van der Waals surface area contributed by atoms with Crippen LogP contribution in [0, 0.1) is 0 Å². The van der Waals surface area contributed by atoms with E-state index in [1.54, 1.807) is 18.7 Å². The lowest BCUT2D eigenvalue weighted by molar-refractivity contribution is 0.101. The number of ketones is 1. The van der Waals surface area contributed by atoms with Crippen LogP contribution in [0.4, 0.5) is 4.79 Å². The normalized spacial score (nSPS) is 14.7. The third kappa shape index (κ3) is 3.26. The zero-order valence-electron chi connectivity index (χ0n) is 10.3. The van der Waals surface area contributed by atoms with Gasteiger partial charge in [0.05, 0.1) is 0 Å². The van der Waals surface area contributed by atoms with E-state index in [0.717, 1.165) is 35.8 Å². The van der Waals surface area contributed by atoms with Gasteiger partial charge in [-0.1, -0.05) is 12.1 Å². The third-order valence-electron chi connectivity index (χ3n) is 2.84. The second-order valence-corrected chi connectivity index (χ2v) is 5.32. The molecule has 1 aliphatic rings. The van der Waals surface area contributed by atoms with Crippen molar-refractivity contribution in [3.8, 4) is 0 Å². The molecule has 1 fully saturated rings. The number of nitrogens with zero attached hydrogens (tertiary/aromatic N) is 1. The molecule has 0 bridgehead atoms. The predicted octanol–water partition coefficient (Wildman–Crippen LogP) is 2.01. The van der Waals surface area contributed by atoms with Crippen molar-refractivity contribution in [2.24, 2.45) is 0 Å². The van der Waals surface area contributed by atoms with Gasteiger partial charge in [0.25, 0.3) is 0 Å². The first-order chi connectivity index (χ1) is 8.66. The van der Waals surface area contributed by atoms with E-state index in [0.29, 0.717) is 0 Å². The summed E-state index contributed by atoms with van der Waals surface area (Å²) in [4.78, 5) is 25.4. The highest BCUT2D eigenvalue weighted by molar-refractivity contribution is 7.99. The molecule has 18 heavy (non-hydrogen) atoms. The fraction of sp³-hybridized carbons (Fsp3) is 0.385. The molecular weight excluding hydrogens is 248 g/mol. The Bertz CT molecular complexity index is 445. The van der Waals surface area contributed by atoms with E-state index in [4.69, 9.17) is 0 Å². The molecule has 0 atom stereocenters. The van der Waals surface area contributed by atoms with Crippen molar-refractivity contribution >= 4 is 23.6 Å². The average Bonchev–Trinajstić information content (AvgIpc) is 2.76. The van der Waals surface area contributed by atoms with Crippen molar-refractivity contribution in [1.82, 2.24) is 10.2 Å². The van der Waals surface area contributed by atoms with Gasteiger partial charge in [0.2, 0.25) is 0 Å². The molecule has 96 valence electrons. The largest absolute Gasteiger partial charge is 0.336 e. The van der Waals surface area contributed by atoms with Gasteiger partial charge in [-0.05, 0) is 19.1 Å². The van der Waals surface area contributed by atoms with Crippen LogP contribution in [0.1, 0.15) is 17.3 Å². The maximum Gasteiger partial charge on any atom is 0.317 e. The van der Waals surface area contributed by atoms with Gasteiger partial charge >= 0.3 is 6.03 Å². The van der Waals surface area contributed by atoms with Gasteiger partial charge in [0, 0.05) is 35.8 Å². The molecule has 4 nitrogen and oxygen atoms in total. The Morgan fingerprint density at radius 2 is 2.11 bits per heavy atom. The summed E-state index contributed by atoms with van der Waals surface area (Å²) < 4.78 is 0. The number of carbonyl (C=O) groups excluding carboxylic acids is 2. The van der Waals surface area contributed by atoms with E-state index in [1.807, 2.05) is 29.2 Å². The topological polar surface area (TPSA) is 49.4 Å². The molecule has 1 aromatic carbocycles. The van der Waals surface area contributed by atoms with Crippen molar-refractivity contribution < 1.29 is 9.59 Å². The molecule has 0 aliphatic carbocycles. The summed E-state index contributed by atoms with van der Waals surface area (Å²) in [6, 6.07) is 7.61. The zero-order chi connectivity index (χ0) is 13.0. The van der Waals surface area contributed by atoms with Gasteiger partial charge in [-0.2, -0.15) is 0 Å². The maximum absolute atomic E-state index is 11.3.